The molecule has 0 unspecified atom stereocenters. The topological polar surface area (TPSA) is 58.6 Å². The number of methoxy groups -OCH3 is 1. The highest BCUT2D eigenvalue weighted by molar-refractivity contribution is 6.35. The quantitative estimate of drug-likeness (QED) is 0.845. The van der Waals surface area contributed by atoms with Crippen molar-refractivity contribution >= 4 is 40.7 Å². The molecule has 0 aromatic heterocycles. The molecule has 0 bridgehead atoms. The van der Waals surface area contributed by atoms with Gasteiger partial charge in [0.05, 0.1) is 17.7 Å². The van der Waals surface area contributed by atoms with Gasteiger partial charge >= 0.3 is 0 Å². The zero-order valence-corrected chi connectivity index (χ0v) is 15.7. The molecule has 0 spiro atoms. The first-order chi connectivity index (χ1) is 12.5. The van der Waals surface area contributed by atoms with Crippen LogP contribution in [0.5, 0.6) is 5.75 Å². The van der Waals surface area contributed by atoms with Gasteiger partial charge in [0.1, 0.15) is 11.8 Å². The van der Waals surface area contributed by atoms with Crippen molar-refractivity contribution in [3.05, 3.63) is 58.1 Å². The standard InChI is InChI=1S/C19H18Cl2N2O3/c1-26-14-5-2-4-13(11-14)22-18(24)17-6-3-9-23(17)19(25)15-10-12(20)7-8-16(15)21/h2,4-5,7-8,10-11,17H,3,6,9H2,1H3,(H,22,24)/t17-/m1/s1. The van der Waals surface area contributed by atoms with E-state index in [1.54, 1.807) is 48.4 Å². The second-order valence-electron chi connectivity index (χ2n) is 6.00. The van der Waals surface area contributed by atoms with Crippen molar-refractivity contribution in [2.45, 2.75) is 18.9 Å². The van der Waals surface area contributed by atoms with Crippen LogP contribution in [0.2, 0.25) is 10.0 Å². The second kappa shape index (κ2) is 7.98. The summed E-state index contributed by atoms with van der Waals surface area (Å²) >= 11 is 12.1. The van der Waals surface area contributed by atoms with Gasteiger partial charge in [-0.3, -0.25) is 9.59 Å². The first kappa shape index (κ1) is 18.5. The van der Waals surface area contributed by atoms with Crippen molar-refractivity contribution in [1.29, 1.82) is 0 Å². The van der Waals surface area contributed by atoms with Crippen molar-refractivity contribution in [3.63, 3.8) is 0 Å². The Morgan fingerprint density at radius 1 is 1.19 bits per heavy atom. The lowest BCUT2D eigenvalue weighted by Crippen LogP contribution is -2.43. The summed E-state index contributed by atoms with van der Waals surface area (Å²) in [5.74, 6) is 0.121. The van der Waals surface area contributed by atoms with Gasteiger partial charge in [-0.2, -0.15) is 0 Å². The second-order valence-corrected chi connectivity index (χ2v) is 6.85. The molecule has 1 fully saturated rings. The molecule has 1 saturated heterocycles. The lowest BCUT2D eigenvalue weighted by Gasteiger charge is -2.24. The summed E-state index contributed by atoms with van der Waals surface area (Å²) < 4.78 is 5.16. The van der Waals surface area contributed by atoms with Crippen LogP contribution in [0.4, 0.5) is 5.69 Å². The van der Waals surface area contributed by atoms with Crippen LogP contribution in [0.15, 0.2) is 42.5 Å². The molecule has 1 aliphatic heterocycles. The minimum Gasteiger partial charge on any atom is -0.497 e. The van der Waals surface area contributed by atoms with Gasteiger partial charge in [0.15, 0.2) is 0 Å². The predicted molar refractivity (Wildman–Crippen MR) is 102 cm³/mol. The number of carbonyl (C=O) groups excluding carboxylic acids is 2. The van der Waals surface area contributed by atoms with Gasteiger partial charge in [0.2, 0.25) is 5.91 Å². The number of hydrogen-bond donors (Lipinski definition) is 1. The highest BCUT2D eigenvalue weighted by Gasteiger charge is 2.35. The third-order valence-electron chi connectivity index (χ3n) is 4.31. The number of rotatable bonds is 4. The molecule has 7 heteroatoms. The third-order valence-corrected chi connectivity index (χ3v) is 4.88. The highest BCUT2D eigenvalue weighted by Crippen LogP contribution is 2.27. The number of nitrogens with zero attached hydrogens (tertiary/aromatic N) is 1. The number of likely N-dealkylation sites (tertiary alicyclic amines) is 1. The van der Waals surface area contributed by atoms with Crippen LogP contribution in [-0.4, -0.2) is 36.4 Å². The summed E-state index contributed by atoms with van der Waals surface area (Å²) in [6.07, 6.45) is 1.35. The molecule has 1 N–H and O–H groups in total. The lowest BCUT2D eigenvalue weighted by atomic mass is 10.1. The van der Waals surface area contributed by atoms with Crippen LogP contribution >= 0.6 is 23.2 Å². The largest absolute Gasteiger partial charge is 0.497 e. The highest BCUT2D eigenvalue weighted by atomic mass is 35.5. The number of anilines is 1. The molecule has 26 heavy (non-hydrogen) atoms. The van der Waals surface area contributed by atoms with Crippen LogP contribution in [0.25, 0.3) is 0 Å². The number of nitrogens with one attached hydrogen (secondary N) is 1. The molecule has 1 aliphatic rings. The number of benzene rings is 2. The Morgan fingerprint density at radius 3 is 2.77 bits per heavy atom. The smallest absolute Gasteiger partial charge is 0.256 e. The lowest BCUT2D eigenvalue weighted by molar-refractivity contribution is -0.119. The molecular formula is C19H18Cl2N2O3. The molecular weight excluding hydrogens is 375 g/mol. The van der Waals surface area contributed by atoms with E-state index in [9.17, 15) is 9.59 Å². The molecule has 0 saturated carbocycles. The molecule has 3 rings (SSSR count). The van der Waals surface area contributed by atoms with E-state index < -0.39 is 6.04 Å². The number of halogens is 2. The van der Waals surface area contributed by atoms with Crippen molar-refractivity contribution < 1.29 is 14.3 Å². The molecule has 1 heterocycles. The van der Waals surface area contributed by atoms with E-state index in [4.69, 9.17) is 27.9 Å². The summed E-state index contributed by atoms with van der Waals surface area (Å²) in [5.41, 5.74) is 0.926. The summed E-state index contributed by atoms with van der Waals surface area (Å²) in [4.78, 5) is 27.1. The predicted octanol–water partition coefficient (Wildman–Crippen LogP) is 4.25. The number of amides is 2. The average Bonchev–Trinajstić information content (AvgIpc) is 3.13. The Kier molecular flexibility index (Phi) is 5.69. The van der Waals surface area contributed by atoms with Gasteiger partial charge in [-0.1, -0.05) is 29.3 Å². The van der Waals surface area contributed by atoms with Gasteiger partial charge in [0.25, 0.3) is 5.91 Å². The first-order valence-corrected chi connectivity index (χ1v) is 8.96. The van der Waals surface area contributed by atoms with Gasteiger partial charge in [-0.15, -0.1) is 0 Å². The van der Waals surface area contributed by atoms with Crippen molar-refractivity contribution in [2.24, 2.45) is 0 Å². The zero-order valence-electron chi connectivity index (χ0n) is 14.2. The van der Waals surface area contributed by atoms with Gasteiger partial charge < -0.3 is 15.0 Å². The van der Waals surface area contributed by atoms with Crippen LogP contribution < -0.4 is 10.1 Å². The van der Waals surface area contributed by atoms with E-state index >= 15 is 0 Å². The molecule has 2 amide bonds. The van der Waals surface area contributed by atoms with Crippen LogP contribution in [0.3, 0.4) is 0 Å². The minimum atomic E-state index is -0.552. The molecule has 1 atom stereocenters. The van der Waals surface area contributed by atoms with E-state index in [2.05, 4.69) is 5.32 Å². The minimum absolute atomic E-state index is 0.234. The fourth-order valence-electron chi connectivity index (χ4n) is 3.02. The molecule has 2 aromatic rings. The Balaban J connectivity index is 1.77. The Labute approximate surface area is 161 Å². The third kappa shape index (κ3) is 3.94. The van der Waals surface area contributed by atoms with Crippen LogP contribution in [0.1, 0.15) is 23.2 Å². The average molecular weight is 393 g/mol. The van der Waals surface area contributed by atoms with E-state index in [1.165, 1.54) is 6.07 Å². The molecule has 136 valence electrons. The van der Waals surface area contributed by atoms with Crippen molar-refractivity contribution in [2.75, 3.05) is 19.0 Å². The maximum absolute atomic E-state index is 12.9. The number of hydrogen-bond acceptors (Lipinski definition) is 3. The maximum Gasteiger partial charge on any atom is 0.256 e. The summed E-state index contributed by atoms with van der Waals surface area (Å²) in [5, 5.41) is 3.59. The van der Waals surface area contributed by atoms with Crippen molar-refractivity contribution in [1.82, 2.24) is 4.90 Å². The monoisotopic (exact) mass is 392 g/mol. The molecule has 0 aliphatic carbocycles. The molecule has 5 nitrogen and oxygen atoms in total. The van der Waals surface area contributed by atoms with Gasteiger partial charge in [-0.25, -0.2) is 0 Å². The zero-order chi connectivity index (χ0) is 18.7. The first-order valence-electron chi connectivity index (χ1n) is 8.20. The maximum atomic E-state index is 12.9. The summed E-state index contributed by atoms with van der Waals surface area (Å²) in [6, 6.07) is 11.3. The summed E-state index contributed by atoms with van der Waals surface area (Å²) in [7, 11) is 1.56. The molecule has 2 aromatic carbocycles. The number of carbonyl (C=O) groups is 2. The van der Waals surface area contributed by atoms with E-state index in [-0.39, 0.29) is 11.8 Å². The van der Waals surface area contributed by atoms with Crippen LogP contribution in [-0.2, 0) is 4.79 Å². The Morgan fingerprint density at radius 2 is 2.00 bits per heavy atom. The fourth-order valence-corrected chi connectivity index (χ4v) is 3.40. The number of ether oxygens (including phenoxy) is 1. The van der Waals surface area contributed by atoms with E-state index in [1.807, 2.05) is 0 Å². The molecule has 0 radical (unpaired) electrons. The normalized spacial score (nSPS) is 16.4. The Bertz CT molecular complexity index is 841. The van der Waals surface area contributed by atoms with E-state index in [0.29, 0.717) is 40.0 Å². The van der Waals surface area contributed by atoms with Crippen molar-refractivity contribution in [3.8, 4) is 5.75 Å². The van der Waals surface area contributed by atoms with E-state index in [0.717, 1.165) is 6.42 Å². The van der Waals surface area contributed by atoms with Crippen LogP contribution in [0, 0.1) is 0 Å². The van der Waals surface area contributed by atoms with Gasteiger partial charge in [-0.05, 0) is 43.2 Å². The van der Waals surface area contributed by atoms with Gasteiger partial charge in [0, 0.05) is 23.3 Å². The fraction of sp³-hybridized carbons (Fsp3) is 0.263. The SMILES string of the molecule is COc1cccc(NC(=O)[C@H]2CCCN2C(=O)c2cc(Cl)ccc2Cl)c1. The Hall–Kier alpha value is -2.24. The summed E-state index contributed by atoms with van der Waals surface area (Å²) in [6.45, 7) is 0.498.